The lowest BCUT2D eigenvalue weighted by atomic mass is 10.3. The highest BCUT2D eigenvalue weighted by atomic mass is 32.2. The van der Waals surface area contributed by atoms with Crippen LogP contribution < -0.4 is 0 Å². The predicted molar refractivity (Wildman–Crippen MR) is 62.0 cm³/mol. The van der Waals surface area contributed by atoms with Gasteiger partial charge in [-0.05, 0) is 35.9 Å². The minimum absolute atomic E-state index is 0.00527. The van der Waals surface area contributed by atoms with Gasteiger partial charge in [-0.2, -0.15) is 0 Å². The molecule has 0 aliphatic carbocycles. The molecule has 1 rings (SSSR count). The van der Waals surface area contributed by atoms with Crippen molar-refractivity contribution < 1.29 is 8.42 Å². The maximum Gasteiger partial charge on any atom is 0.212 e. The Morgan fingerprint density at radius 3 is 2.27 bits per heavy atom. The van der Waals surface area contributed by atoms with Crippen LogP contribution in [-0.4, -0.2) is 12.6 Å². The molecule has 0 aliphatic heterocycles. The first-order valence-electron chi connectivity index (χ1n) is 4.23. The number of thiocarbonyl (C=S) groups is 1. The highest BCUT2D eigenvalue weighted by molar-refractivity contribution is 8.17. The van der Waals surface area contributed by atoms with Crippen LogP contribution in [0.5, 0.6) is 0 Å². The maximum absolute atomic E-state index is 11.7. The summed E-state index contributed by atoms with van der Waals surface area (Å²) < 4.78 is 23.4. The fourth-order valence-corrected chi connectivity index (χ4v) is 2.43. The molecule has 0 aliphatic rings. The second-order valence-corrected chi connectivity index (χ2v) is 5.54. The monoisotopic (exact) mass is 243 g/mol. The van der Waals surface area contributed by atoms with Crippen molar-refractivity contribution in [2.75, 3.05) is 0 Å². The molecule has 4 nitrogen and oxygen atoms in total. The van der Waals surface area contributed by atoms with E-state index >= 15 is 0 Å². The fraction of sp³-hybridized carbons (Fsp3) is 0.222. The summed E-state index contributed by atoms with van der Waals surface area (Å²) >= 11 is 4.76. The first kappa shape index (κ1) is 11.9. The minimum Gasteiger partial charge on any atom is -0.218 e. The third-order valence-corrected chi connectivity index (χ3v) is 4.57. The number of nitrogens with zero attached hydrogens (tertiary/aromatic N) is 1. The topological polar surface area (TPSA) is 63.6 Å². The largest absolute Gasteiger partial charge is 0.218 e. The molecule has 0 amide bonds. The van der Waals surface area contributed by atoms with E-state index in [1.54, 1.807) is 6.92 Å². The lowest BCUT2D eigenvalue weighted by Gasteiger charge is -2.03. The quantitative estimate of drug-likeness (QED) is 0.604. The molecule has 1 aromatic carbocycles. The first-order chi connectivity index (χ1) is 7.02. The van der Waals surface area contributed by atoms with Crippen molar-refractivity contribution in [1.82, 2.24) is 0 Å². The van der Waals surface area contributed by atoms with Gasteiger partial charge in [0.15, 0.2) is 0 Å². The molecule has 0 saturated carbocycles. The van der Waals surface area contributed by atoms with Gasteiger partial charge in [0.1, 0.15) is 9.88 Å². The maximum atomic E-state index is 11.7. The molecule has 80 valence electrons. The van der Waals surface area contributed by atoms with E-state index in [4.69, 9.17) is 12.2 Å². The Kier molecular flexibility index (Phi) is 3.65. The highest BCUT2D eigenvalue weighted by Gasteiger charge is 2.18. The third kappa shape index (κ3) is 2.45. The zero-order valence-corrected chi connectivity index (χ0v) is 9.64. The lowest BCUT2D eigenvalue weighted by Crippen LogP contribution is -2.11. The van der Waals surface area contributed by atoms with Crippen LogP contribution in [0.25, 0.3) is 0 Å². The number of hydrogen-bond donors (Lipinski definition) is 0. The van der Waals surface area contributed by atoms with Crippen molar-refractivity contribution in [3.63, 3.8) is 0 Å². The number of sulfone groups is 1. The molecule has 0 spiro atoms. The van der Waals surface area contributed by atoms with Crippen molar-refractivity contribution in [2.45, 2.75) is 18.2 Å². The summed E-state index contributed by atoms with van der Waals surface area (Å²) in [6.45, 7) is 1.68. The molecular weight excluding hydrogens is 234 g/mol. The van der Waals surface area contributed by atoms with Gasteiger partial charge in [-0.1, -0.05) is 19.1 Å². The van der Waals surface area contributed by atoms with Gasteiger partial charge < -0.3 is 0 Å². The Hall–Kier alpha value is -1.14. The van der Waals surface area contributed by atoms with Crippen LogP contribution in [0.2, 0.25) is 0 Å². The van der Waals surface area contributed by atoms with Crippen LogP contribution in [0, 0.1) is 4.91 Å². The molecule has 0 atom stereocenters. The van der Waals surface area contributed by atoms with E-state index in [1.807, 2.05) is 0 Å². The summed E-state index contributed by atoms with van der Waals surface area (Å²) in [5, 5.41) is 2.68. The summed E-state index contributed by atoms with van der Waals surface area (Å²) in [5.74, 6) is 0. The van der Waals surface area contributed by atoms with Crippen LogP contribution in [0.15, 0.2) is 34.3 Å². The van der Waals surface area contributed by atoms with E-state index in [0.717, 1.165) is 0 Å². The Morgan fingerprint density at radius 2 is 1.87 bits per heavy atom. The molecule has 15 heavy (non-hydrogen) atoms. The standard InChI is InChI=1S/C9H9NO3S2/c1-2-9(14)15(12,13)8-5-3-7(10-11)4-6-8/h3-6H,2H2,1H3. The van der Waals surface area contributed by atoms with E-state index in [-0.39, 0.29) is 14.8 Å². The van der Waals surface area contributed by atoms with Crippen molar-refractivity contribution in [3.8, 4) is 0 Å². The van der Waals surface area contributed by atoms with Crippen molar-refractivity contribution >= 4 is 31.9 Å². The van der Waals surface area contributed by atoms with Crippen LogP contribution in [0.3, 0.4) is 0 Å². The highest BCUT2D eigenvalue weighted by Crippen LogP contribution is 2.18. The van der Waals surface area contributed by atoms with Crippen molar-refractivity contribution in [1.29, 1.82) is 0 Å². The SMILES string of the molecule is CCC(=S)S(=O)(=O)c1ccc(N=O)cc1. The molecule has 1 aromatic rings. The van der Waals surface area contributed by atoms with Crippen molar-refractivity contribution in [2.24, 2.45) is 5.18 Å². The smallest absolute Gasteiger partial charge is 0.212 e. The lowest BCUT2D eigenvalue weighted by molar-refractivity contribution is 0.607. The Bertz CT molecular complexity index is 477. The van der Waals surface area contributed by atoms with Gasteiger partial charge in [0.05, 0.1) is 4.90 Å². The van der Waals surface area contributed by atoms with Gasteiger partial charge in [0.2, 0.25) is 9.84 Å². The van der Waals surface area contributed by atoms with Crippen LogP contribution in [-0.2, 0) is 9.84 Å². The van der Waals surface area contributed by atoms with E-state index in [9.17, 15) is 13.3 Å². The van der Waals surface area contributed by atoms with Gasteiger partial charge in [0, 0.05) is 0 Å². The van der Waals surface area contributed by atoms with Gasteiger partial charge in [-0.25, -0.2) is 8.42 Å². The zero-order valence-electron chi connectivity index (χ0n) is 8.00. The summed E-state index contributed by atoms with van der Waals surface area (Å²) in [4.78, 5) is 10.2. The van der Waals surface area contributed by atoms with Crippen molar-refractivity contribution in [3.05, 3.63) is 29.2 Å². The van der Waals surface area contributed by atoms with E-state index < -0.39 is 9.84 Å². The molecule has 0 radical (unpaired) electrons. The Labute approximate surface area is 93.2 Å². The molecule has 0 heterocycles. The molecule has 0 bridgehead atoms. The summed E-state index contributed by atoms with van der Waals surface area (Å²) in [7, 11) is -3.53. The third-order valence-electron chi connectivity index (χ3n) is 1.84. The Morgan fingerprint density at radius 1 is 1.33 bits per heavy atom. The summed E-state index contributed by atoms with van der Waals surface area (Å²) in [5.41, 5.74) is 0.191. The average Bonchev–Trinajstić information content (AvgIpc) is 2.28. The molecule has 0 fully saturated rings. The molecule has 0 aromatic heterocycles. The first-order valence-corrected chi connectivity index (χ1v) is 6.13. The zero-order chi connectivity index (χ0) is 11.5. The van der Waals surface area contributed by atoms with E-state index in [2.05, 4.69) is 5.18 Å². The predicted octanol–water partition coefficient (Wildman–Crippen LogP) is 2.60. The van der Waals surface area contributed by atoms with Crippen LogP contribution >= 0.6 is 12.2 Å². The number of rotatable bonds is 3. The normalized spacial score (nSPS) is 11.0. The molecule has 0 N–H and O–H groups in total. The number of benzene rings is 1. The van der Waals surface area contributed by atoms with Gasteiger partial charge >= 0.3 is 0 Å². The van der Waals surface area contributed by atoms with E-state index in [0.29, 0.717) is 6.42 Å². The average molecular weight is 243 g/mol. The van der Waals surface area contributed by atoms with Crippen LogP contribution in [0.4, 0.5) is 5.69 Å². The fourth-order valence-electron chi connectivity index (χ4n) is 1.01. The molecule has 6 heteroatoms. The second-order valence-electron chi connectivity index (χ2n) is 2.81. The van der Waals surface area contributed by atoms with Crippen LogP contribution in [0.1, 0.15) is 13.3 Å². The second kappa shape index (κ2) is 4.59. The molecular formula is C9H9NO3S2. The molecule has 0 unspecified atom stereocenters. The summed E-state index contributed by atoms with van der Waals surface area (Å²) in [6, 6.07) is 5.35. The number of nitroso groups, excluding NO2 is 1. The summed E-state index contributed by atoms with van der Waals surface area (Å²) in [6.07, 6.45) is 0.297. The van der Waals surface area contributed by atoms with Gasteiger partial charge in [-0.3, -0.25) is 0 Å². The Balaban J connectivity index is 3.17. The van der Waals surface area contributed by atoms with E-state index in [1.165, 1.54) is 24.3 Å². The number of hydrogen-bond acceptors (Lipinski definition) is 5. The van der Waals surface area contributed by atoms with Gasteiger partial charge in [0.25, 0.3) is 0 Å². The van der Waals surface area contributed by atoms with Gasteiger partial charge in [-0.15, -0.1) is 4.91 Å². The minimum atomic E-state index is -3.53. The molecule has 0 saturated heterocycles.